The Morgan fingerprint density at radius 3 is 2.60 bits per heavy atom. The summed E-state index contributed by atoms with van der Waals surface area (Å²) in [5.74, 6) is -0.0130. The third-order valence-corrected chi connectivity index (χ3v) is 2.67. The number of rotatable bonds is 3. The van der Waals surface area contributed by atoms with Gasteiger partial charge in [-0.3, -0.25) is 4.79 Å². The van der Waals surface area contributed by atoms with E-state index in [-0.39, 0.29) is 5.91 Å². The lowest BCUT2D eigenvalue weighted by Gasteiger charge is -2.15. The highest BCUT2D eigenvalue weighted by Crippen LogP contribution is 2.28. The highest BCUT2D eigenvalue weighted by molar-refractivity contribution is 5.97. The molecule has 0 atom stereocenters. The summed E-state index contributed by atoms with van der Waals surface area (Å²) in [4.78, 5) is 13.5. The molecular weight excluding hydrogens is 259 g/mol. The molecule has 0 saturated carbocycles. The van der Waals surface area contributed by atoms with E-state index in [4.69, 9.17) is 10.5 Å². The summed E-state index contributed by atoms with van der Waals surface area (Å²) in [6.45, 7) is 0. The monoisotopic (exact) mass is 274 g/mol. The number of hydrogen-bond acceptors (Lipinski definition) is 3. The number of nitrogen functional groups attached to an aromatic ring is 1. The van der Waals surface area contributed by atoms with Crippen molar-refractivity contribution in [3.63, 3.8) is 0 Å². The zero-order chi connectivity index (χ0) is 14.7. The first-order valence-corrected chi connectivity index (χ1v) is 6.02. The molecule has 1 amide bonds. The van der Waals surface area contributed by atoms with Gasteiger partial charge in [-0.25, -0.2) is 4.39 Å². The quantitative estimate of drug-likeness (QED) is 0.875. The minimum Gasteiger partial charge on any atom is -0.456 e. The van der Waals surface area contributed by atoms with Gasteiger partial charge >= 0.3 is 0 Å². The van der Waals surface area contributed by atoms with Crippen LogP contribution >= 0.6 is 0 Å². The Labute approximate surface area is 116 Å². The second-order valence-electron chi connectivity index (χ2n) is 4.51. The van der Waals surface area contributed by atoms with Gasteiger partial charge < -0.3 is 15.4 Å². The Morgan fingerprint density at radius 1 is 1.20 bits per heavy atom. The van der Waals surface area contributed by atoms with E-state index in [2.05, 4.69) is 0 Å². The van der Waals surface area contributed by atoms with Gasteiger partial charge in [0.15, 0.2) is 0 Å². The topological polar surface area (TPSA) is 55.6 Å². The third kappa shape index (κ3) is 3.06. The predicted molar refractivity (Wildman–Crippen MR) is 75.3 cm³/mol. The van der Waals surface area contributed by atoms with Crippen LogP contribution in [0.3, 0.4) is 0 Å². The molecule has 2 rings (SSSR count). The molecule has 0 aliphatic carbocycles. The van der Waals surface area contributed by atoms with Gasteiger partial charge in [0, 0.05) is 31.9 Å². The lowest BCUT2D eigenvalue weighted by molar-refractivity contribution is 0.0825. The average molecular weight is 274 g/mol. The van der Waals surface area contributed by atoms with Gasteiger partial charge in [0.25, 0.3) is 5.91 Å². The normalized spacial score (nSPS) is 10.2. The van der Waals surface area contributed by atoms with Crippen molar-refractivity contribution >= 4 is 11.6 Å². The maximum atomic E-state index is 13.2. The fourth-order valence-corrected chi connectivity index (χ4v) is 1.70. The maximum absolute atomic E-state index is 13.2. The van der Waals surface area contributed by atoms with Gasteiger partial charge in [-0.05, 0) is 24.3 Å². The first-order chi connectivity index (χ1) is 9.47. The predicted octanol–water partition coefficient (Wildman–Crippen LogP) is 2.90. The van der Waals surface area contributed by atoms with Crippen LogP contribution in [0.2, 0.25) is 0 Å². The summed E-state index contributed by atoms with van der Waals surface area (Å²) in [5, 5.41) is 0. The molecular formula is C15H15FN2O2. The number of amides is 1. The number of ether oxygens (including phenoxy) is 1. The lowest BCUT2D eigenvalue weighted by Crippen LogP contribution is -2.22. The molecule has 0 bridgehead atoms. The molecule has 2 aromatic carbocycles. The van der Waals surface area contributed by atoms with Crippen LogP contribution in [0.15, 0.2) is 42.5 Å². The third-order valence-electron chi connectivity index (χ3n) is 2.67. The molecule has 0 fully saturated rings. The standard InChI is InChI=1S/C15H15FN2O2/c1-18(2)15(19)13-7-6-11(17)9-14(13)20-12-5-3-4-10(16)8-12/h3-9H,17H2,1-2H3. The highest BCUT2D eigenvalue weighted by Gasteiger charge is 2.15. The maximum Gasteiger partial charge on any atom is 0.257 e. The number of hydrogen-bond donors (Lipinski definition) is 1. The zero-order valence-corrected chi connectivity index (χ0v) is 11.3. The Morgan fingerprint density at radius 2 is 1.95 bits per heavy atom. The molecule has 104 valence electrons. The van der Waals surface area contributed by atoms with Gasteiger partial charge in [0.05, 0.1) is 5.56 Å². The Hall–Kier alpha value is -2.56. The summed E-state index contributed by atoms with van der Waals surface area (Å²) in [5.41, 5.74) is 6.54. The summed E-state index contributed by atoms with van der Waals surface area (Å²) < 4.78 is 18.7. The number of carbonyl (C=O) groups is 1. The Bertz CT molecular complexity index is 642. The van der Waals surface area contributed by atoms with E-state index in [0.717, 1.165) is 0 Å². The number of carbonyl (C=O) groups excluding carboxylic acids is 1. The van der Waals surface area contributed by atoms with Crippen molar-refractivity contribution in [2.24, 2.45) is 0 Å². The largest absolute Gasteiger partial charge is 0.456 e. The van der Waals surface area contributed by atoms with Crippen LogP contribution in [0.25, 0.3) is 0 Å². The van der Waals surface area contributed by atoms with Crippen molar-refractivity contribution in [3.05, 3.63) is 53.8 Å². The van der Waals surface area contributed by atoms with Gasteiger partial charge in [0.2, 0.25) is 0 Å². The molecule has 2 N–H and O–H groups in total. The molecule has 0 aliphatic heterocycles. The fourth-order valence-electron chi connectivity index (χ4n) is 1.70. The van der Waals surface area contributed by atoms with Crippen molar-refractivity contribution in [2.45, 2.75) is 0 Å². The van der Waals surface area contributed by atoms with Crippen molar-refractivity contribution in [3.8, 4) is 11.5 Å². The first-order valence-electron chi connectivity index (χ1n) is 6.02. The van der Waals surface area contributed by atoms with Crippen LogP contribution in [-0.4, -0.2) is 24.9 Å². The molecule has 4 nitrogen and oxygen atoms in total. The van der Waals surface area contributed by atoms with E-state index in [0.29, 0.717) is 22.7 Å². The lowest BCUT2D eigenvalue weighted by atomic mass is 10.1. The number of nitrogens with two attached hydrogens (primary N) is 1. The van der Waals surface area contributed by atoms with Crippen LogP contribution in [0.1, 0.15) is 10.4 Å². The summed E-state index contributed by atoms with van der Waals surface area (Å²) in [7, 11) is 3.29. The van der Waals surface area contributed by atoms with Gasteiger partial charge in [0.1, 0.15) is 17.3 Å². The number of benzene rings is 2. The molecule has 0 aliphatic rings. The van der Waals surface area contributed by atoms with E-state index in [1.807, 2.05) is 0 Å². The molecule has 0 spiro atoms. The van der Waals surface area contributed by atoms with Crippen LogP contribution in [0.4, 0.5) is 10.1 Å². The van der Waals surface area contributed by atoms with Gasteiger partial charge in [-0.1, -0.05) is 6.07 Å². The molecule has 0 unspecified atom stereocenters. The van der Waals surface area contributed by atoms with Crippen molar-refractivity contribution < 1.29 is 13.9 Å². The van der Waals surface area contributed by atoms with E-state index in [1.54, 1.807) is 38.4 Å². The van der Waals surface area contributed by atoms with Crippen LogP contribution < -0.4 is 10.5 Å². The fraction of sp³-hybridized carbons (Fsp3) is 0.133. The minimum atomic E-state index is -0.410. The van der Waals surface area contributed by atoms with Crippen molar-refractivity contribution in [2.75, 3.05) is 19.8 Å². The minimum absolute atomic E-state index is 0.212. The SMILES string of the molecule is CN(C)C(=O)c1ccc(N)cc1Oc1cccc(F)c1. The summed E-state index contributed by atoms with van der Waals surface area (Å²) in [6.07, 6.45) is 0. The average Bonchev–Trinajstić information content (AvgIpc) is 2.38. The number of nitrogens with zero attached hydrogens (tertiary/aromatic N) is 1. The molecule has 2 aromatic rings. The van der Waals surface area contributed by atoms with Crippen LogP contribution in [0.5, 0.6) is 11.5 Å². The highest BCUT2D eigenvalue weighted by atomic mass is 19.1. The number of halogens is 1. The molecule has 0 heterocycles. The van der Waals surface area contributed by atoms with E-state index >= 15 is 0 Å². The zero-order valence-electron chi connectivity index (χ0n) is 11.3. The van der Waals surface area contributed by atoms with E-state index < -0.39 is 5.82 Å². The smallest absolute Gasteiger partial charge is 0.257 e. The first kappa shape index (κ1) is 13.9. The second-order valence-corrected chi connectivity index (χ2v) is 4.51. The van der Waals surface area contributed by atoms with Crippen LogP contribution in [-0.2, 0) is 0 Å². The Balaban J connectivity index is 2.39. The molecule has 0 aromatic heterocycles. The van der Waals surface area contributed by atoms with E-state index in [9.17, 15) is 9.18 Å². The van der Waals surface area contributed by atoms with Crippen molar-refractivity contribution in [1.82, 2.24) is 4.90 Å². The summed E-state index contributed by atoms with van der Waals surface area (Å²) >= 11 is 0. The number of anilines is 1. The second kappa shape index (κ2) is 5.61. The molecule has 20 heavy (non-hydrogen) atoms. The van der Waals surface area contributed by atoms with Crippen molar-refractivity contribution in [1.29, 1.82) is 0 Å². The molecule has 5 heteroatoms. The van der Waals surface area contributed by atoms with Gasteiger partial charge in [-0.2, -0.15) is 0 Å². The van der Waals surface area contributed by atoms with Crippen LogP contribution in [0, 0.1) is 5.82 Å². The Kier molecular flexibility index (Phi) is 3.89. The van der Waals surface area contributed by atoms with E-state index in [1.165, 1.54) is 23.1 Å². The molecule has 0 radical (unpaired) electrons. The molecule has 0 saturated heterocycles. The summed E-state index contributed by atoms with van der Waals surface area (Å²) in [6, 6.07) is 10.5. The van der Waals surface area contributed by atoms with Gasteiger partial charge in [-0.15, -0.1) is 0 Å².